The van der Waals surface area contributed by atoms with E-state index in [1.807, 2.05) is 0 Å². The number of rotatable bonds is 4. The van der Waals surface area contributed by atoms with E-state index in [-0.39, 0.29) is 10.4 Å². The maximum atomic E-state index is 12.2. The maximum Gasteiger partial charge on any atom is 0.406 e. The SMILES string of the molecule is CN(CC(F)(F)F)C(=O)c1sccc1C=CC(=O)O. The zero-order chi connectivity index (χ0) is 14.6. The molecule has 0 fully saturated rings. The third kappa shape index (κ3) is 4.74. The van der Waals surface area contributed by atoms with Crippen LogP contribution >= 0.6 is 11.3 Å². The van der Waals surface area contributed by atoms with Gasteiger partial charge in [-0.25, -0.2) is 4.79 Å². The molecule has 0 radical (unpaired) electrons. The quantitative estimate of drug-likeness (QED) is 0.868. The van der Waals surface area contributed by atoms with Gasteiger partial charge >= 0.3 is 12.1 Å². The van der Waals surface area contributed by atoms with E-state index in [9.17, 15) is 22.8 Å². The average molecular weight is 293 g/mol. The Morgan fingerprint density at radius 2 is 2.11 bits per heavy atom. The number of nitrogens with zero attached hydrogens (tertiary/aromatic N) is 1. The molecule has 0 atom stereocenters. The van der Waals surface area contributed by atoms with E-state index in [0.717, 1.165) is 24.5 Å². The molecule has 1 amide bonds. The molecular formula is C11H10F3NO3S. The van der Waals surface area contributed by atoms with Crippen LogP contribution in [-0.4, -0.2) is 41.7 Å². The number of alkyl halides is 3. The van der Waals surface area contributed by atoms with E-state index in [1.165, 1.54) is 17.5 Å². The molecule has 0 aliphatic carbocycles. The Kier molecular flexibility index (Phi) is 4.71. The van der Waals surface area contributed by atoms with E-state index >= 15 is 0 Å². The Labute approximate surface area is 110 Å². The lowest BCUT2D eigenvalue weighted by Gasteiger charge is -2.18. The van der Waals surface area contributed by atoms with Crippen LogP contribution in [0, 0.1) is 0 Å². The highest BCUT2D eigenvalue weighted by atomic mass is 32.1. The van der Waals surface area contributed by atoms with Gasteiger partial charge in [0.05, 0.1) is 4.88 Å². The summed E-state index contributed by atoms with van der Waals surface area (Å²) in [4.78, 5) is 22.8. The molecule has 0 aliphatic rings. The van der Waals surface area contributed by atoms with Crippen molar-refractivity contribution in [2.75, 3.05) is 13.6 Å². The van der Waals surface area contributed by atoms with Gasteiger partial charge in [-0.15, -0.1) is 11.3 Å². The van der Waals surface area contributed by atoms with Crippen LogP contribution in [0.15, 0.2) is 17.5 Å². The van der Waals surface area contributed by atoms with Gasteiger partial charge in [-0.2, -0.15) is 13.2 Å². The second-order valence-electron chi connectivity index (χ2n) is 3.65. The monoisotopic (exact) mass is 293 g/mol. The van der Waals surface area contributed by atoms with Crippen molar-refractivity contribution in [2.45, 2.75) is 6.18 Å². The fourth-order valence-electron chi connectivity index (χ4n) is 1.30. The molecule has 1 heterocycles. The third-order valence-corrected chi connectivity index (χ3v) is 2.98. The summed E-state index contributed by atoms with van der Waals surface area (Å²) in [6.45, 7) is -1.36. The van der Waals surface area contributed by atoms with Crippen LogP contribution in [0.3, 0.4) is 0 Å². The van der Waals surface area contributed by atoms with Crippen molar-refractivity contribution < 1.29 is 27.9 Å². The van der Waals surface area contributed by atoms with Gasteiger partial charge in [0.1, 0.15) is 6.54 Å². The van der Waals surface area contributed by atoms with Gasteiger partial charge in [0.2, 0.25) is 0 Å². The first-order chi connectivity index (χ1) is 8.70. The van der Waals surface area contributed by atoms with Crippen LogP contribution in [0.2, 0.25) is 0 Å². The van der Waals surface area contributed by atoms with Crippen LogP contribution in [0.4, 0.5) is 13.2 Å². The zero-order valence-corrected chi connectivity index (χ0v) is 10.6. The number of amides is 1. The molecule has 19 heavy (non-hydrogen) atoms. The Hall–Kier alpha value is -1.83. The van der Waals surface area contributed by atoms with Crippen LogP contribution < -0.4 is 0 Å². The number of halogens is 3. The van der Waals surface area contributed by atoms with Crippen molar-refractivity contribution in [3.05, 3.63) is 28.0 Å². The van der Waals surface area contributed by atoms with Gasteiger partial charge in [-0.05, 0) is 23.1 Å². The zero-order valence-electron chi connectivity index (χ0n) is 9.77. The molecule has 0 saturated heterocycles. The van der Waals surface area contributed by atoms with Gasteiger partial charge in [-0.3, -0.25) is 4.79 Å². The molecular weight excluding hydrogens is 283 g/mol. The largest absolute Gasteiger partial charge is 0.478 e. The minimum absolute atomic E-state index is 0.0734. The molecule has 0 unspecified atom stereocenters. The molecule has 8 heteroatoms. The number of carboxylic acids is 1. The van der Waals surface area contributed by atoms with E-state index in [2.05, 4.69) is 0 Å². The van der Waals surface area contributed by atoms with Crippen LogP contribution in [-0.2, 0) is 4.79 Å². The first-order valence-corrected chi connectivity index (χ1v) is 5.89. The second-order valence-corrected chi connectivity index (χ2v) is 4.57. The fraction of sp³-hybridized carbons (Fsp3) is 0.273. The van der Waals surface area contributed by atoms with Crippen molar-refractivity contribution in [3.8, 4) is 0 Å². The first kappa shape index (κ1) is 15.2. The summed E-state index contributed by atoms with van der Waals surface area (Å²) in [6, 6.07) is 1.47. The summed E-state index contributed by atoms with van der Waals surface area (Å²) in [6.07, 6.45) is -2.48. The van der Waals surface area contributed by atoms with Crippen LogP contribution in [0.25, 0.3) is 6.08 Å². The Balaban J connectivity index is 2.89. The molecule has 0 bridgehead atoms. The first-order valence-electron chi connectivity index (χ1n) is 5.01. The molecule has 0 saturated carbocycles. The lowest BCUT2D eigenvalue weighted by molar-refractivity contribution is -0.138. The number of carbonyl (C=O) groups excluding carboxylic acids is 1. The standard InChI is InChI=1S/C11H10F3NO3S/c1-15(6-11(12,13)14)10(18)9-7(4-5-19-9)2-3-8(16)17/h2-5H,6H2,1H3,(H,16,17). The van der Waals surface area contributed by atoms with Gasteiger partial charge in [0.15, 0.2) is 0 Å². The molecule has 1 aromatic heterocycles. The van der Waals surface area contributed by atoms with Crippen molar-refractivity contribution in [1.29, 1.82) is 0 Å². The second kappa shape index (κ2) is 5.87. The molecule has 1 rings (SSSR count). The third-order valence-electron chi connectivity index (χ3n) is 2.06. The molecule has 0 aliphatic heterocycles. The van der Waals surface area contributed by atoms with Gasteiger partial charge in [-0.1, -0.05) is 0 Å². The summed E-state index contributed by atoms with van der Waals surface area (Å²) in [7, 11) is 1.04. The van der Waals surface area contributed by atoms with Gasteiger partial charge < -0.3 is 10.0 Å². The number of carbonyl (C=O) groups is 2. The molecule has 0 spiro atoms. The minimum Gasteiger partial charge on any atom is -0.478 e. The number of carboxylic acid groups (broad SMARTS) is 1. The smallest absolute Gasteiger partial charge is 0.406 e. The number of thiophene rings is 1. The summed E-state index contributed by atoms with van der Waals surface area (Å²) in [5, 5.41) is 9.99. The van der Waals surface area contributed by atoms with Crippen molar-refractivity contribution in [2.24, 2.45) is 0 Å². The maximum absolute atomic E-state index is 12.2. The van der Waals surface area contributed by atoms with E-state index in [0.29, 0.717) is 4.90 Å². The lowest BCUT2D eigenvalue weighted by atomic mass is 10.2. The predicted octanol–water partition coefficient (Wildman–Crippen LogP) is 2.48. The highest BCUT2D eigenvalue weighted by Gasteiger charge is 2.32. The van der Waals surface area contributed by atoms with E-state index in [4.69, 9.17) is 5.11 Å². The van der Waals surface area contributed by atoms with Crippen LogP contribution in [0.1, 0.15) is 15.2 Å². The Morgan fingerprint density at radius 1 is 1.47 bits per heavy atom. The van der Waals surface area contributed by atoms with Crippen LogP contribution in [0.5, 0.6) is 0 Å². The minimum atomic E-state index is -4.47. The molecule has 104 valence electrons. The van der Waals surface area contributed by atoms with Gasteiger partial charge in [0, 0.05) is 13.1 Å². The van der Waals surface area contributed by atoms with Crippen molar-refractivity contribution in [3.63, 3.8) is 0 Å². The number of hydrogen-bond donors (Lipinski definition) is 1. The average Bonchev–Trinajstić information content (AvgIpc) is 2.70. The van der Waals surface area contributed by atoms with Crippen molar-refractivity contribution in [1.82, 2.24) is 4.90 Å². The number of hydrogen-bond acceptors (Lipinski definition) is 3. The highest BCUT2D eigenvalue weighted by Crippen LogP contribution is 2.22. The molecule has 1 aromatic rings. The summed E-state index contributed by atoms with van der Waals surface area (Å²) < 4.78 is 36.5. The Morgan fingerprint density at radius 3 is 2.63 bits per heavy atom. The fourth-order valence-corrected chi connectivity index (χ4v) is 2.18. The predicted molar refractivity (Wildman–Crippen MR) is 64.0 cm³/mol. The van der Waals surface area contributed by atoms with Crippen molar-refractivity contribution >= 4 is 29.3 Å². The molecule has 1 N–H and O–H groups in total. The Bertz CT molecular complexity index is 508. The molecule has 4 nitrogen and oxygen atoms in total. The normalized spacial score (nSPS) is 11.8. The molecule has 0 aromatic carbocycles. The van der Waals surface area contributed by atoms with E-state index < -0.39 is 24.6 Å². The van der Waals surface area contributed by atoms with E-state index in [1.54, 1.807) is 0 Å². The lowest BCUT2D eigenvalue weighted by Crippen LogP contribution is -2.35. The summed E-state index contributed by atoms with van der Waals surface area (Å²) in [5.41, 5.74) is 0.284. The number of aliphatic carboxylic acids is 1. The summed E-state index contributed by atoms with van der Waals surface area (Å²) >= 11 is 0.961. The highest BCUT2D eigenvalue weighted by molar-refractivity contribution is 7.12. The summed E-state index contributed by atoms with van der Waals surface area (Å²) in [5.74, 6) is -1.99. The van der Waals surface area contributed by atoms with Gasteiger partial charge in [0.25, 0.3) is 5.91 Å². The topological polar surface area (TPSA) is 57.6 Å².